The molecule has 1 unspecified atom stereocenters. The Kier molecular flexibility index (Phi) is 8.84. The van der Waals surface area contributed by atoms with Gasteiger partial charge in [0, 0.05) is 25.1 Å². The van der Waals surface area contributed by atoms with Crippen LogP contribution in [0.4, 0.5) is 9.18 Å². The first-order chi connectivity index (χ1) is 15.6. The fraction of sp³-hybridized carbons (Fsp3) is 0.565. The Labute approximate surface area is 200 Å². The van der Waals surface area contributed by atoms with Gasteiger partial charge in [0.15, 0.2) is 5.76 Å². The first-order valence-electron chi connectivity index (χ1n) is 10.8. The maximum Gasteiger partial charge on any atom is 0.412 e. The molecular formula is C23H34FN3O6S. The predicted molar refractivity (Wildman–Crippen MR) is 126 cm³/mol. The molecule has 1 N–H and O–H groups in total. The van der Waals surface area contributed by atoms with Crippen LogP contribution in [0.3, 0.4) is 0 Å². The Morgan fingerprint density at radius 2 is 1.82 bits per heavy atom. The Morgan fingerprint density at radius 3 is 2.35 bits per heavy atom. The summed E-state index contributed by atoms with van der Waals surface area (Å²) >= 11 is 0. The van der Waals surface area contributed by atoms with Crippen molar-refractivity contribution in [3.8, 4) is 11.3 Å². The van der Waals surface area contributed by atoms with Gasteiger partial charge in [-0.3, -0.25) is 9.29 Å². The minimum Gasteiger partial charge on any atom is -0.444 e. The molecule has 0 spiro atoms. The first-order valence-corrected chi connectivity index (χ1v) is 12.7. The summed E-state index contributed by atoms with van der Waals surface area (Å²) in [6, 6.07) is 8.78. The summed E-state index contributed by atoms with van der Waals surface area (Å²) in [5.74, 6) is 0.463. The van der Waals surface area contributed by atoms with E-state index < -0.39 is 40.2 Å². The van der Waals surface area contributed by atoms with E-state index in [-0.39, 0.29) is 13.0 Å². The van der Waals surface area contributed by atoms with Gasteiger partial charge >= 0.3 is 6.09 Å². The zero-order chi connectivity index (χ0) is 25.7. The lowest BCUT2D eigenvalue weighted by Crippen LogP contribution is -2.49. The molecule has 1 amide bonds. The third kappa shape index (κ3) is 8.37. The number of carbonyl (C=O) groups excluding carboxylic acids is 1. The number of nitrogens with zero attached hydrogens (tertiary/aromatic N) is 2. The summed E-state index contributed by atoms with van der Waals surface area (Å²) < 4.78 is 55.0. The molecule has 1 aromatic carbocycles. The van der Waals surface area contributed by atoms with E-state index in [1.165, 1.54) is 4.90 Å². The van der Waals surface area contributed by atoms with Crippen LogP contribution < -0.4 is 4.72 Å². The Morgan fingerprint density at radius 1 is 1.21 bits per heavy atom. The minimum atomic E-state index is -3.34. The zero-order valence-electron chi connectivity index (χ0n) is 20.7. The highest BCUT2D eigenvalue weighted by Gasteiger charge is 2.34. The molecule has 0 aliphatic heterocycles. The fourth-order valence-electron chi connectivity index (χ4n) is 2.97. The van der Waals surface area contributed by atoms with E-state index in [1.807, 2.05) is 0 Å². The number of carbonyl (C=O) groups is 1. The molecule has 9 nitrogen and oxygen atoms in total. The molecule has 34 heavy (non-hydrogen) atoms. The highest BCUT2D eigenvalue weighted by molar-refractivity contribution is 7.88. The van der Waals surface area contributed by atoms with Crippen LogP contribution in [0.15, 0.2) is 34.9 Å². The number of nitrogens with one attached hydrogen (secondary N) is 1. The Hall–Kier alpha value is -2.50. The van der Waals surface area contributed by atoms with Crippen LogP contribution in [0.1, 0.15) is 58.4 Å². The lowest BCUT2D eigenvalue weighted by atomic mass is 10.0. The Bertz CT molecular complexity index is 1060. The van der Waals surface area contributed by atoms with E-state index in [2.05, 4.69) is 9.88 Å². The van der Waals surface area contributed by atoms with Gasteiger partial charge in [0.25, 0.3) is 0 Å². The standard InChI is InChI=1S/C23H34FN3O6S/c1-22(2,3)32-21(28)27(6)23(4,5)31-19(12-13-24)16-8-10-17(11-9-16)20-14-18(26-33-20)15-25-34(7,29)30/h8-11,14,19,25H,12-13,15H2,1-7H3. The molecule has 1 heterocycles. The van der Waals surface area contributed by atoms with Crippen molar-refractivity contribution in [2.45, 2.75) is 65.0 Å². The maximum atomic E-state index is 13.3. The van der Waals surface area contributed by atoms with Crippen molar-refractivity contribution in [1.29, 1.82) is 0 Å². The number of aromatic nitrogens is 1. The van der Waals surface area contributed by atoms with Crippen molar-refractivity contribution in [3.63, 3.8) is 0 Å². The molecule has 0 saturated carbocycles. The molecule has 0 saturated heterocycles. The van der Waals surface area contributed by atoms with Crippen molar-refractivity contribution in [2.24, 2.45) is 0 Å². The van der Waals surface area contributed by atoms with E-state index in [9.17, 15) is 17.6 Å². The number of ether oxygens (including phenoxy) is 2. The number of benzene rings is 1. The summed E-state index contributed by atoms with van der Waals surface area (Å²) in [4.78, 5) is 13.8. The molecule has 11 heteroatoms. The normalized spacial score (nSPS) is 13.5. The molecular weight excluding hydrogens is 465 g/mol. The summed E-state index contributed by atoms with van der Waals surface area (Å²) in [6.45, 7) is 8.19. The van der Waals surface area contributed by atoms with E-state index in [0.29, 0.717) is 17.0 Å². The maximum absolute atomic E-state index is 13.3. The average molecular weight is 500 g/mol. The highest BCUT2D eigenvalue weighted by Crippen LogP contribution is 2.31. The van der Waals surface area contributed by atoms with Gasteiger partial charge in [-0.25, -0.2) is 17.9 Å². The molecule has 0 fully saturated rings. The Balaban J connectivity index is 2.14. The number of hydrogen-bond acceptors (Lipinski definition) is 7. The fourth-order valence-corrected chi connectivity index (χ4v) is 3.38. The number of hydrogen-bond donors (Lipinski definition) is 1. The first kappa shape index (κ1) is 27.7. The quantitative estimate of drug-likeness (QED) is 0.482. The molecule has 0 bridgehead atoms. The summed E-state index contributed by atoms with van der Waals surface area (Å²) in [5.41, 5.74) is 0.163. The summed E-state index contributed by atoms with van der Waals surface area (Å²) in [7, 11) is -1.77. The van der Waals surface area contributed by atoms with Crippen LogP contribution >= 0.6 is 0 Å². The topological polar surface area (TPSA) is 111 Å². The van der Waals surface area contributed by atoms with Crippen LogP contribution in [0.5, 0.6) is 0 Å². The van der Waals surface area contributed by atoms with E-state index in [1.54, 1.807) is 72.0 Å². The minimum absolute atomic E-state index is 0.0209. The average Bonchev–Trinajstić information content (AvgIpc) is 3.19. The van der Waals surface area contributed by atoms with Crippen molar-refractivity contribution < 1.29 is 31.6 Å². The van der Waals surface area contributed by atoms with Gasteiger partial charge in [-0.2, -0.15) is 0 Å². The van der Waals surface area contributed by atoms with Crippen molar-refractivity contribution in [2.75, 3.05) is 20.0 Å². The van der Waals surface area contributed by atoms with Crippen LogP contribution in [0, 0.1) is 0 Å². The van der Waals surface area contributed by atoms with Gasteiger partial charge in [0.05, 0.1) is 31.3 Å². The molecule has 1 aromatic heterocycles. The monoisotopic (exact) mass is 499 g/mol. The van der Waals surface area contributed by atoms with Crippen LogP contribution in [0.25, 0.3) is 11.3 Å². The predicted octanol–water partition coefficient (Wildman–Crippen LogP) is 4.41. The summed E-state index contributed by atoms with van der Waals surface area (Å²) in [5, 5.41) is 3.87. The molecule has 190 valence electrons. The van der Waals surface area contributed by atoms with Gasteiger partial charge in [-0.1, -0.05) is 29.4 Å². The molecule has 1 atom stereocenters. The van der Waals surface area contributed by atoms with Gasteiger partial charge in [0.2, 0.25) is 10.0 Å². The second-order valence-corrected chi connectivity index (χ2v) is 11.3. The largest absolute Gasteiger partial charge is 0.444 e. The van der Waals surface area contributed by atoms with Crippen molar-refractivity contribution in [3.05, 3.63) is 41.6 Å². The zero-order valence-corrected chi connectivity index (χ0v) is 21.5. The lowest BCUT2D eigenvalue weighted by Gasteiger charge is -2.39. The highest BCUT2D eigenvalue weighted by atomic mass is 32.2. The van der Waals surface area contributed by atoms with Gasteiger partial charge < -0.3 is 14.0 Å². The van der Waals surface area contributed by atoms with Gasteiger partial charge in [0.1, 0.15) is 11.3 Å². The lowest BCUT2D eigenvalue weighted by molar-refractivity contribution is -0.155. The number of sulfonamides is 1. The van der Waals surface area contributed by atoms with E-state index in [4.69, 9.17) is 14.0 Å². The van der Waals surface area contributed by atoms with E-state index >= 15 is 0 Å². The number of alkyl halides is 1. The number of amides is 1. The molecule has 2 aromatic rings. The third-order valence-corrected chi connectivity index (χ3v) is 5.59. The molecule has 0 aliphatic carbocycles. The second kappa shape index (κ2) is 10.8. The number of halogens is 1. The molecule has 0 aliphatic rings. The van der Waals surface area contributed by atoms with Crippen LogP contribution in [-0.2, 0) is 26.0 Å². The van der Waals surface area contributed by atoms with Crippen molar-refractivity contribution in [1.82, 2.24) is 14.8 Å². The SMILES string of the molecule is CN(C(=O)OC(C)(C)C)C(C)(C)OC(CCF)c1ccc(-c2cc(CNS(C)(=O)=O)no2)cc1. The molecule has 2 rings (SSSR count). The van der Waals surface area contributed by atoms with E-state index in [0.717, 1.165) is 11.8 Å². The van der Waals surface area contributed by atoms with Crippen LogP contribution in [-0.4, -0.2) is 55.9 Å². The van der Waals surface area contributed by atoms with Gasteiger partial charge in [-0.15, -0.1) is 0 Å². The van der Waals surface area contributed by atoms with Crippen LogP contribution in [0.2, 0.25) is 0 Å². The summed E-state index contributed by atoms with van der Waals surface area (Å²) in [6.07, 6.45) is 0.0190. The van der Waals surface area contributed by atoms with Gasteiger partial charge in [-0.05, 0) is 40.2 Å². The molecule has 0 radical (unpaired) electrons. The van der Waals surface area contributed by atoms with Crippen molar-refractivity contribution >= 4 is 16.1 Å². The third-order valence-electron chi connectivity index (χ3n) is 4.92. The second-order valence-electron chi connectivity index (χ2n) is 9.47. The number of rotatable bonds is 10. The smallest absolute Gasteiger partial charge is 0.412 e.